The summed E-state index contributed by atoms with van der Waals surface area (Å²) in [4.78, 5) is 0. The van der Waals surface area contributed by atoms with Crippen molar-refractivity contribution in [3.63, 3.8) is 0 Å². The van der Waals surface area contributed by atoms with Crippen LogP contribution in [0.15, 0.2) is 0 Å². The molecule has 100 valence electrons. The maximum absolute atomic E-state index is 8.63. The fourth-order valence-corrected chi connectivity index (χ4v) is 1.86. The SMILES string of the molecule is C.CCCC[N+]1(C)CCCC1.O=S(=O)([O-])O. The second-order valence-electron chi connectivity index (χ2n) is 4.28. The second kappa shape index (κ2) is 8.00. The van der Waals surface area contributed by atoms with Gasteiger partial charge >= 0.3 is 0 Å². The molecular weight excluding hydrogens is 230 g/mol. The van der Waals surface area contributed by atoms with Gasteiger partial charge in [0.05, 0.1) is 26.7 Å². The molecule has 0 bridgehead atoms. The molecule has 0 saturated carbocycles. The quantitative estimate of drug-likeness (QED) is 0.473. The van der Waals surface area contributed by atoms with Crippen molar-refractivity contribution in [2.24, 2.45) is 0 Å². The predicted octanol–water partition coefficient (Wildman–Crippen LogP) is 1.67. The number of rotatable bonds is 3. The number of likely N-dealkylation sites (tertiary alicyclic amines) is 1. The zero-order valence-electron chi connectivity index (χ0n) is 9.48. The second-order valence-corrected chi connectivity index (χ2v) is 5.13. The lowest BCUT2D eigenvalue weighted by Crippen LogP contribution is -2.41. The number of hydrogen-bond donors (Lipinski definition) is 1. The molecule has 1 saturated heterocycles. The van der Waals surface area contributed by atoms with Crippen LogP contribution < -0.4 is 0 Å². The molecule has 1 fully saturated rings. The third kappa shape index (κ3) is 11.9. The molecule has 1 aliphatic heterocycles. The first-order valence-electron chi connectivity index (χ1n) is 5.29. The van der Waals surface area contributed by atoms with Gasteiger partial charge < -0.3 is 9.04 Å². The molecule has 0 aliphatic carbocycles. The molecule has 0 aromatic rings. The molecule has 0 unspecified atom stereocenters. The van der Waals surface area contributed by atoms with Crippen LogP contribution in [0.2, 0.25) is 0 Å². The van der Waals surface area contributed by atoms with Crippen molar-refractivity contribution in [1.29, 1.82) is 0 Å². The summed E-state index contributed by atoms with van der Waals surface area (Å²) in [5, 5.41) is 0. The summed E-state index contributed by atoms with van der Waals surface area (Å²) in [6, 6.07) is 0. The molecular formula is C10H25NO4S. The van der Waals surface area contributed by atoms with Crippen LogP contribution in [0.1, 0.15) is 40.0 Å². The van der Waals surface area contributed by atoms with Crippen molar-refractivity contribution in [3.8, 4) is 0 Å². The summed E-state index contributed by atoms with van der Waals surface area (Å²) in [5.41, 5.74) is 0. The normalized spacial score (nSPS) is 18.2. The fraction of sp³-hybridized carbons (Fsp3) is 1.00. The summed E-state index contributed by atoms with van der Waals surface area (Å²) in [6.07, 6.45) is 5.69. The van der Waals surface area contributed by atoms with Crippen LogP contribution in [-0.2, 0) is 10.4 Å². The van der Waals surface area contributed by atoms with E-state index in [4.69, 9.17) is 17.5 Å². The maximum atomic E-state index is 8.63. The van der Waals surface area contributed by atoms with Crippen molar-refractivity contribution in [1.82, 2.24) is 0 Å². The number of quaternary nitrogens is 1. The van der Waals surface area contributed by atoms with E-state index in [1.807, 2.05) is 0 Å². The van der Waals surface area contributed by atoms with E-state index < -0.39 is 10.4 Å². The fourth-order valence-electron chi connectivity index (χ4n) is 1.86. The Labute approximate surface area is 99.6 Å². The molecule has 1 heterocycles. The molecule has 0 aromatic heterocycles. The van der Waals surface area contributed by atoms with Gasteiger partial charge in [-0.15, -0.1) is 0 Å². The Kier molecular flexibility index (Phi) is 9.10. The average Bonchev–Trinajstić information content (AvgIpc) is 2.46. The Bertz CT molecular complexity index is 250. The zero-order chi connectivity index (χ0) is 11.9. The molecule has 5 nitrogen and oxygen atoms in total. The monoisotopic (exact) mass is 255 g/mol. The Morgan fingerprint density at radius 1 is 1.31 bits per heavy atom. The molecule has 6 heteroatoms. The average molecular weight is 255 g/mol. The van der Waals surface area contributed by atoms with E-state index >= 15 is 0 Å². The highest BCUT2D eigenvalue weighted by Gasteiger charge is 2.25. The van der Waals surface area contributed by atoms with Crippen LogP contribution in [0.3, 0.4) is 0 Å². The van der Waals surface area contributed by atoms with Crippen molar-refractivity contribution >= 4 is 10.4 Å². The molecule has 0 amide bonds. The molecule has 1 N–H and O–H groups in total. The van der Waals surface area contributed by atoms with Gasteiger partial charge in [0.2, 0.25) is 10.4 Å². The molecule has 0 aromatic carbocycles. The minimum Gasteiger partial charge on any atom is -0.726 e. The van der Waals surface area contributed by atoms with E-state index in [0.29, 0.717) is 0 Å². The van der Waals surface area contributed by atoms with Gasteiger partial charge in [-0.1, -0.05) is 20.8 Å². The van der Waals surface area contributed by atoms with Gasteiger partial charge in [-0.2, -0.15) is 0 Å². The Morgan fingerprint density at radius 2 is 1.69 bits per heavy atom. The van der Waals surface area contributed by atoms with E-state index in [2.05, 4.69) is 14.0 Å². The van der Waals surface area contributed by atoms with Gasteiger partial charge in [-0.25, -0.2) is 8.42 Å². The molecule has 0 radical (unpaired) electrons. The Morgan fingerprint density at radius 3 is 2.00 bits per heavy atom. The standard InChI is InChI=1S/C9H20N.CH4.H2O4S/c1-3-4-7-10(2)8-5-6-9-10;;1-5(2,3)4/h3-9H2,1-2H3;1H4;(H2,1,2,3,4)/q+1;;/p-1. The van der Waals surface area contributed by atoms with Gasteiger partial charge in [-0.05, 0) is 6.42 Å². The van der Waals surface area contributed by atoms with Crippen LogP contribution in [0, 0.1) is 0 Å². The van der Waals surface area contributed by atoms with E-state index in [9.17, 15) is 0 Å². The summed E-state index contributed by atoms with van der Waals surface area (Å²) in [6.45, 7) is 6.55. The van der Waals surface area contributed by atoms with Gasteiger partial charge in [0.1, 0.15) is 0 Å². The van der Waals surface area contributed by atoms with Crippen molar-refractivity contribution in [3.05, 3.63) is 0 Å². The number of hydrogen-bond acceptors (Lipinski definition) is 3. The van der Waals surface area contributed by atoms with Crippen molar-refractivity contribution < 1.29 is 22.0 Å². The van der Waals surface area contributed by atoms with E-state index in [-0.39, 0.29) is 7.43 Å². The first-order valence-corrected chi connectivity index (χ1v) is 6.65. The van der Waals surface area contributed by atoms with Crippen molar-refractivity contribution in [2.45, 2.75) is 40.0 Å². The van der Waals surface area contributed by atoms with Crippen LogP contribution in [-0.4, -0.2) is 48.7 Å². The lowest BCUT2D eigenvalue weighted by atomic mass is 10.3. The van der Waals surface area contributed by atoms with Crippen LogP contribution >= 0.6 is 0 Å². The largest absolute Gasteiger partial charge is 0.726 e. The molecule has 16 heavy (non-hydrogen) atoms. The Hall–Kier alpha value is -0.170. The minimum absolute atomic E-state index is 0. The lowest BCUT2D eigenvalue weighted by molar-refractivity contribution is -0.897. The van der Waals surface area contributed by atoms with Gasteiger partial charge in [0.15, 0.2) is 0 Å². The van der Waals surface area contributed by atoms with Crippen LogP contribution in [0.4, 0.5) is 0 Å². The third-order valence-corrected chi connectivity index (χ3v) is 2.70. The van der Waals surface area contributed by atoms with Gasteiger partial charge in [-0.3, -0.25) is 4.55 Å². The highest BCUT2D eigenvalue weighted by molar-refractivity contribution is 7.79. The molecule has 1 rings (SSSR count). The summed E-state index contributed by atoms with van der Waals surface area (Å²) in [7, 11) is -2.51. The Balaban J connectivity index is 0. The summed E-state index contributed by atoms with van der Waals surface area (Å²) in [5.74, 6) is 0. The van der Waals surface area contributed by atoms with Crippen LogP contribution in [0.25, 0.3) is 0 Å². The summed E-state index contributed by atoms with van der Waals surface area (Å²) >= 11 is 0. The van der Waals surface area contributed by atoms with Gasteiger partial charge in [0, 0.05) is 12.8 Å². The van der Waals surface area contributed by atoms with Crippen LogP contribution in [0.5, 0.6) is 0 Å². The van der Waals surface area contributed by atoms with E-state index in [1.165, 1.54) is 49.8 Å². The highest BCUT2D eigenvalue weighted by atomic mass is 32.3. The smallest absolute Gasteiger partial charge is 0.215 e. The lowest BCUT2D eigenvalue weighted by Gasteiger charge is -2.28. The van der Waals surface area contributed by atoms with E-state index in [1.54, 1.807) is 0 Å². The van der Waals surface area contributed by atoms with Crippen molar-refractivity contribution in [2.75, 3.05) is 26.7 Å². The number of unbranched alkanes of at least 4 members (excludes halogenated alkanes) is 1. The first kappa shape index (κ1) is 18.2. The number of nitrogens with zero attached hydrogens (tertiary/aromatic N) is 1. The zero-order valence-corrected chi connectivity index (χ0v) is 10.3. The van der Waals surface area contributed by atoms with E-state index in [0.717, 1.165) is 0 Å². The maximum Gasteiger partial charge on any atom is 0.215 e. The summed E-state index contributed by atoms with van der Waals surface area (Å²) < 4.78 is 34.2. The molecule has 0 atom stereocenters. The third-order valence-electron chi connectivity index (χ3n) is 2.70. The molecule has 0 spiro atoms. The highest BCUT2D eigenvalue weighted by Crippen LogP contribution is 2.16. The topological polar surface area (TPSA) is 77.4 Å². The first-order chi connectivity index (χ1) is 6.77. The van der Waals surface area contributed by atoms with Gasteiger partial charge in [0.25, 0.3) is 0 Å². The molecule has 1 aliphatic rings. The minimum atomic E-state index is -4.92. The predicted molar refractivity (Wildman–Crippen MR) is 64.0 cm³/mol.